The molecule has 6 heteroatoms. The van der Waals surface area contributed by atoms with E-state index >= 15 is 0 Å². The van der Waals surface area contributed by atoms with Gasteiger partial charge in [0.15, 0.2) is 12.0 Å². The molecule has 0 bridgehead atoms. The maximum absolute atomic E-state index is 14.7. The highest BCUT2D eigenvalue weighted by atomic mass is 19.3. The second-order valence-electron chi connectivity index (χ2n) is 6.86. The lowest BCUT2D eigenvalue weighted by molar-refractivity contribution is -0.165. The topological polar surface area (TPSA) is 30.7 Å². The van der Waals surface area contributed by atoms with Gasteiger partial charge in [0.25, 0.3) is 0 Å². The average molecular weight is 321 g/mol. The third kappa shape index (κ3) is 2.03. The summed E-state index contributed by atoms with van der Waals surface area (Å²) in [6.45, 7) is 1.56. The van der Waals surface area contributed by atoms with E-state index in [2.05, 4.69) is 10.1 Å². The van der Waals surface area contributed by atoms with Crippen LogP contribution in [0.3, 0.4) is 0 Å². The summed E-state index contributed by atoms with van der Waals surface area (Å²) in [6.07, 6.45) is 0.530. The minimum absolute atomic E-state index is 0.0245. The highest BCUT2D eigenvalue weighted by Crippen LogP contribution is 2.56. The van der Waals surface area contributed by atoms with Crippen molar-refractivity contribution in [2.75, 3.05) is 0 Å². The molecule has 1 aromatic heterocycles. The molecule has 122 valence electrons. The number of alkyl halides is 3. The van der Waals surface area contributed by atoms with Crippen LogP contribution in [0.2, 0.25) is 0 Å². The zero-order valence-electron chi connectivity index (χ0n) is 12.8. The van der Waals surface area contributed by atoms with E-state index in [1.807, 2.05) is 30.3 Å². The first-order valence-electron chi connectivity index (χ1n) is 7.96. The van der Waals surface area contributed by atoms with Crippen LogP contribution >= 0.6 is 0 Å². The summed E-state index contributed by atoms with van der Waals surface area (Å²) < 4.78 is 45.1. The second-order valence-corrected chi connectivity index (χ2v) is 6.86. The molecule has 1 aliphatic heterocycles. The molecule has 0 amide bonds. The first-order chi connectivity index (χ1) is 10.9. The molecule has 4 rings (SSSR count). The number of fused-ring (bicyclic) bond motifs is 1. The van der Waals surface area contributed by atoms with E-state index in [1.54, 1.807) is 6.92 Å². The zero-order chi connectivity index (χ0) is 16.2. The number of rotatable bonds is 3. The van der Waals surface area contributed by atoms with Gasteiger partial charge >= 0.3 is 5.92 Å². The Morgan fingerprint density at radius 1 is 1.22 bits per heavy atom. The molecule has 2 heterocycles. The Labute approximate surface area is 132 Å². The lowest BCUT2D eigenvalue weighted by Crippen LogP contribution is -2.43. The number of nitrogens with zero attached hydrogens (tertiary/aromatic N) is 3. The van der Waals surface area contributed by atoms with Crippen LogP contribution in [0.5, 0.6) is 0 Å². The molecule has 0 spiro atoms. The highest BCUT2D eigenvalue weighted by Gasteiger charge is 2.58. The van der Waals surface area contributed by atoms with E-state index < -0.39 is 23.3 Å². The molecule has 0 N–H and O–H groups in total. The number of hydrogen-bond acceptors (Lipinski definition) is 2. The molecule has 3 nitrogen and oxygen atoms in total. The van der Waals surface area contributed by atoms with Crippen LogP contribution in [0.25, 0.3) is 0 Å². The molecule has 23 heavy (non-hydrogen) atoms. The third-order valence-corrected chi connectivity index (χ3v) is 5.34. The molecular formula is C17H18F3N3. The largest absolute Gasteiger partial charge is 0.313 e. The first-order valence-corrected chi connectivity index (χ1v) is 7.96. The van der Waals surface area contributed by atoms with Gasteiger partial charge in [-0.05, 0) is 18.4 Å². The first kappa shape index (κ1) is 14.7. The standard InChI is InChI=1S/C17H18F3N3/c1-16(8-5-9-16)17(19,20)15-21-14-12(18)10-13(23(14)22-15)11-6-3-2-4-7-11/h2-4,6-7,12-13H,5,8-10H2,1H3. The van der Waals surface area contributed by atoms with Crippen molar-refractivity contribution in [2.45, 2.75) is 50.7 Å². The monoisotopic (exact) mass is 321 g/mol. The van der Waals surface area contributed by atoms with Crippen molar-refractivity contribution in [3.8, 4) is 0 Å². The van der Waals surface area contributed by atoms with Gasteiger partial charge in [-0.1, -0.05) is 43.7 Å². The van der Waals surface area contributed by atoms with Gasteiger partial charge in [-0.2, -0.15) is 8.78 Å². The summed E-state index contributed by atoms with van der Waals surface area (Å²) in [7, 11) is 0. The molecule has 2 unspecified atom stereocenters. The predicted octanol–water partition coefficient (Wildman–Crippen LogP) is 4.56. The summed E-state index contributed by atoms with van der Waals surface area (Å²) in [5.41, 5.74) is -0.243. The Balaban J connectivity index is 1.74. The fourth-order valence-electron chi connectivity index (χ4n) is 3.56. The summed E-state index contributed by atoms with van der Waals surface area (Å²) in [5, 5.41) is 4.03. The van der Waals surface area contributed by atoms with Gasteiger partial charge in [0.05, 0.1) is 6.04 Å². The Morgan fingerprint density at radius 3 is 2.52 bits per heavy atom. The lowest BCUT2D eigenvalue weighted by atomic mass is 9.66. The van der Waals surface area contributed by atoms with Gasteiger partial charge in [-0.15, -0.1) is 5.10 Å². The fourth-order valence-corrected chi connectivity index (χ4v) is 3.56. The lowest BCUT2D eigenvalue weighted by Gasteiger charge is -2.43. The maximum atomic E-state index is 14.7. The molecule has 1 saturated carbocycles. The van der Waals surface area contributed by atoms with E-state index in [9.17, 15) is 13.2 Å². The normalized spacial score (nSPS) is 25.9. The summed E-state index contributed by atoms with van der Waals surface area (Å²) in [5.74, 6) is -3.63. The van der Waals surface area contributed by atoms with E-state index in [1.165, 1.54) is 4.68 Å². The van der Waals surface area contributed by atoms with Gasteiger partial charge in [-0.3, -0.25) is 0 Å². The van der Waals surface area contributed by atoms with Crippen LogP contribution in [-0.4, -0.2) is 14.8 Å². The van der Waals surface area contributed by atoms with Crippen LogP contribution in [0.15, 0.2) is 30.3 Å². The molecule has 2 atom stereocenters. The number of aromatic nitrogens is 3. The fraction of sp³-hybridized carbons (Fsp3) is 0.529. The van der Waals surface area contributed by atoms with Gasteiger partial charge in [0.2, 0.25) is 5.82 Å². The Morgan fingerprint density at radius 2 is 1.91 bits per heavy atom. The van der Waals surface area contributed by atoms with Gasteiger partial charge < -0.3 is 0 Å². The molecular weight excluding hydrogens is 303 g/mol. The third-order valence-electron chi connectivity index (χ3n) is 5.34. The molecule has 1 aliphatic carbocycles. The van der Waals surface area contributed by atoms with Crippen molar-refractivity contribution < 1.29 is 13.2 Å². The number of benzene rings is 1. The average Bonchev–Trinajstić information content (AvgIpc) is 3.07. The summed E-state index contributed by atoms with van der Waals surface area (Å²) in [4.78, 5) is 3.89. The quantitative estimate of drug-likeness (QED) is 0.829. The zero-order valence-corrected chi connectivity index (χ0v) is 12.8. The van der Waals surface area contributed by atoms with Crippen LogP contribution in [0.1, 0.15) is 62.0 Å². The van der Waals surface area contributed by atoms with Crippen molar-refractivity contribution >= 4 is 0 Å². The van der Waals surface area contributed by atoms with Crippen LogP contribution in [0.4, 0.5) is 13.2 Å². The molecule has 2 aliphatic rings. The van der Waals surface area contributed by atoms with E-state index in [4.69, 9.17) is 0 Å². The minimum atomic E-state index is -3.12. The van der Waals surface area contributed by atoms with E-state index in [0.717, 1.165) is 12.0 Å². The predicted molar refractivity (Wildman–Crippen MR) is 78.9 cm³/mol. The van der Waals surface area contributed by atoms with Crippen molar-refractivity contribution in [2.24, 2.45) is 5.41 Å². The molecule has 2 aromatic rings. The van der Waals surface area contributed by atoms with E-state index in [0.29, 0.717) is 12.8 Å². The van der Waals surface area contributed by atoms with Crippen LogP contribution in [0, 0.1) is 5.41 Å². The maximum Gasteiger partial charge on any atom is 0.313 e. The van der Waals surface area contributed by atoms with Gasteiger partial charge in [-0.25, -0.2) is 14.1 Å². The molecule has 1 fully saturated rings. The minimum Gasteiger partial charge on any atom is -0.239 e. The van der Waals surface area contributed by atoms with Gasteiger partial charge in [0, 0.05) is 11.8 Å². The Kier molecular flexibility index (Phi) is 3.09. The van der Waals surface area contributed by atoms with Crippen molar-refractivity contribution in [1.29, 1.82) is 0 Å². The van der Waals surface area contributed by atoms with Crippen molar-refractivity contribution in [3.05, 3.63) is 47.5 Å². The number of hydrogen-bond donors (Lipinski definition) is 0. The Bertz CT molecular complexity index is 722. The van der Waals surface area contributed by atoms with Crippen molar-refractivity contribution in [1.82, 2.24) is 14.8 Å². The molecule has 0 saturated heterocycles. The smallest absolute Gasteiger partial charge is 0.239 e. The van der Waals surface area contributed by atoms with Crippen LogP contribution < -0.4 is 0 Å². The summed E-state index contributed by atoms with van der Waals surface area (Å²) >= 11 is 0. The molecule has 1 aromatic carbocycles. The summed E-state index contributed by atoms with van der Waals surface area (Å²) in [6, 6.07) is 8.92. The second kappa shape index (κ2) is 4.82. The number of halogens is 3. The van der Waals surface area contributed by atoms with E-state index in [-0.39, 0.29) is 18.3 Å². The van der Waals surface area contributed by atoms with Gasteiger partial charge in [0.1, 0.15) is 0 Å². The molecule has 0 radical (unpaired) electrons. The Hall–Kier alpha value is -1.85. The van der Waals surface area contributed by atoms with Crippen molar-refractivity contribution in [3.63, 3.8) is 0 Å². The van der Waals surface area contributed by atoms with Crippen LogP contribution in [-0.2, 0) is 5.92 Å². The highest BCUT2D eigenvalue weighted by molar-refractivity contribution is 5.24. The SMILES string of the molecule is CC1(C(F)(F)c2nc3n(n2)C(c2ccccc2)CC3F)CCC1.